The fourth-order valence-electron chi connectivity index (χ4n) is 0.0635. The Bertz CT molecular complexity index is 128. The van der Waals surface area contributed by atoms with Gasteiger partial charge in [0.1, 0.15) is 0 Å². The zero-order chi connectivity index (χ0) is 5.91. The van der Waals surface area contributed by atoms with Gasteiger partial charge in [0, 0.05) is 0 Å². The fraction of sp³-hybridized carbons (Fsp3) is 1.00. The van der Waals surface area contributed by atoms with Gasteiger partial charge in [0.15, 0.2) is 0 Å². The molecule has 0 aliphatic heterocycles. The SMILES string of the molecule is [NH2][Au][CH2]S(=O)(=O)O. The van der Waals surface area contributed by atoms with E-state index in [1.165, 1.54) is 0 Å². The third-order valence-corrected chi connectivity index (χ3v) is 3.93. The van der Waals surface area contributed by atoms with Gasteiger partial charge in [-0.1, -0.05) is 0 Å². The van der Waals surface area contributed by atoms with E-state index in [-0.39, 0.29) is 3.97 Å². The van der Waals surface area contributed by atoms with E-state index in [2.05, 4.69) is 0 Å². The van der Waals surface area contributed by atoms with E-state index < -0.39 is 30.1 Å². The van der Waals surface area contributed by atoms with Crippen molar-refractivity contribution in [1.82, 2.24) is 0 Å². The van der Waals surface area contributed by atoms with Crippen LogP contribution in [0.4, 0.5) is 0 Å². The Balaban J connectivity index is 3.60. The second kappa shape index (κ2) is 2.81. The van der Waals surface area contributed by atoms with Crippen molar-refractivity contribution in [3.8, 4) is 0 Å². The van der Waals surface area contributed by atoms with Crippen molar-refractivity contribution in [1.29, 1.82) is 0 Å². The van der Waals surface area contributed by atoms with Gasteiger partial charge in [0.2, 0.25) is 0 Å². The average Bonchev–Trinajstić information content (AvgIpc) is 1.30. The van der Waals surface area contributed by atoms with Crippen molar-refractivity contribution in [2.45, 2.75) is 0 Å². The molecule has 0 fully saturated rings. The van der Waals surface area contributed by atoms with Crippen molar-refractivity contribution in [3.63, 3.8) is 0 Å². The Morgan fingerprint density at radius 1 is 1.71 bits per heavy atom. The maximum absolute atomic E-state index is 9.73. The third kappa shape index (κ3) is 6.61. The predicted octanol–water partition coefficient (Wildman–Crippen LogP) is -1.21. The van der Waals surface area contributed by atoms with E-state index in [0.29, 0.717) is 0 Å². The molecule has 0 unspecified atom stereocenters. The van der Waals surface area contributed by atoms with Gasteiger partial charge < -0.3 is 0 Å². The Labute approximate surface area is 51.5 Å². The summed E-state index contributed by atoms with van der Waals surface area (Å²) in [6.07, 6.45) is 0. The molecule has 0 aromatic heterocycles. The first-order valence-corrected chi connectivity index (χ1v) is 5.58. The van der Waals surface area contributed by atoms with E-state index in [9.17, 15) is 8.42 Å². The van der Waals surface area contributed by atoms with E-state index in [4.69, 9.17) is 8.69 Å². The summed E-state index contributed by atoms with van der Waals surface area (Å²) < 4.78 is 32.0. The Morgan fingerprint density at radius 2 is 2.14 bits per heavy atom. The molecule has 3 N–H and O–H groups in total. The van der Waals surface area contributed by atoms with Crippen LogP contribution in [0.3, 0.4) is 0 Å². The van der Waals surface area contributed by atoms with Crippen molar-refractivity contribution in [3.05, 3.63) is 0 Å². The van der Waals surface area contributed by atoms with Crippen LogP contribution in [-0.2, 0) is 30.1 Å². The minimum atomic E-state index is -3.76. The van der Waals surface area contributed by atoms with Gasteiger partial charge in [0.05, 0.1) is 0 Å². The van der Waals surface area contributed by atoms with Gasteiger partial charge in [-0.05, 0) is 0 Å². The van der Waals surface area contributed by atoms with Crippen molar-refractivity contribution in [2.75, 3.05) is 3.97 Å². The van der Waals surface area contributed by atoms with Crippen LogP contribution in [-0.4, -0.2) is 16.9 Å². The predicted molar refractivity (Wildman–Crippen MR) is 20.6 cm³/mol. The van der Waals surface area contributed by atoms with E-state index >= 15 is 0 Å². The van der Waals surface area contributed by atoms with Gasteiger partial charge in [-0.25, -0.2) is 0 Å². The summed E-state index contributed by atoms with van der Waals surface area (Å²) >= 11 is -0.728. The standard InChI is InChI=1S/CH3O3S.Au.H2N/c1-5(2,3)4;;/h1H2,(H,2,3,4);;1H2/q;+1;-1. The number of nitrogens with two attached hydrogens (primary N) is 1. The Kier molecular flexibility index (Phi) is 3.05. The first-order chi connectivity index (χ1) is 3.06. The summed E-state index contributed by atoms with van der Waals surface area (Å²) in [4.78, 5) is 0. The van der Waals surface area contributed by atoms with Crippen LogP contribution in [0.15, 0.2) is 0 Å². The summed E-state index contributed by atoms with van der Waals surface area (Å²) in [7, 11) is -3.76. The first-order valence-electron chi connectivity index (χ1n) is 1.19. The zero-order valence-electron chi connectivity index (χ0n) is 3.26. The van der Waals surface area contributed by atoms with Gasteiger partial charge in [-0.2, -0.15) is 0 Å². The molecule has 0 heterocycles. The number of hydrogen-bond acceptors (Lipinski definition) is 3. The third-order valence-electron chi connectivity index (χ3n) is 0.160. The second-order valence-corrected chi connectivity index (χ2v) is 4.89. The Morgan fingerprint density at radius 3 is 2.14 bits per heavy atom. The summed E-state index contributed by atoms with van der Waals surface area (Å²) in [5.74, 6) is 0. The van der Waals surface area contributed by atoms with Crippen molar-refractivity contribution >= 4 is 10.1 Å². The summed E-state index contributed by atoms with van der Waals surface area (Å²) in [6, 6.07) is 0. The normalized spacial score (nSPS) is 12.3. The molecular formula is CH5AuNO3S. The zero-order valence-corrected chi connectivity index (χ0v) is 6.24. The molecule has 0 bridgehead atoms. The quantitative estimate of drug-likeness (QED) is 0.495. The topological polar surface area (TPSA) is 80.4 Å². The second-order valence-electron chi connectivity index (χ2n) is 0.792. The van der Waals surface area contributed by atoms with Crippen LogP contribution in [0.2, 0.25) is 0 Å². The van der Waals surface area contributed by atoms with Gasteiger partial charge in [-0.3, -0.25) is 0 Å². The molecule has 0 radical (unpaired) electrons. The molecule has 7 heavy (non-hydrogen) atoms. The molecule has 0 amide bonds. The number of hydrogen-bond donors (Lipinski definition) is 2. The van der Waals surface area contributed by atoms with Crippen LogP contribution in [0.25, 0.3) is 0 Å². The van der Waals surface area contributed by atoms with E-state index in [1.807, 2.05) is 0 Å². The molecule has 0 aliphatic rings. The van der Waals surface area contributed by atoms with E-state index in [1.54, 1.807) is 0 Å². The molecule has 0 aromatic carbocycles. The molecule has 0 spiro atoms. The van der Waals surface area contributed by atoms with Crippen LogP contribution >= 0.6 is 0 Å². The van der Waals surface area contributed by atoms with Crippen LogP contribution < -0.4 is 4.14 Å². The molecule has 0 aromatic rings. The molecule has 0 atom stereocenters. The summed E-state index contributed by atoms with van der Waals surface area (Å²) in [6.45, 7) is 0. The summed E-state index contributed by atoms with van der Waals surface area (Å²) in [5.41, 5.74) is 0. The molecule has 6 heteroatoms. The summed E-state index contributed by atoms with van der Waals surface area (Å²) in [5, 5.41) is 0. The molecule has 49 valence electrons. The van der Waals surface area contributed by atoms with Crippen molar-refractivity contribution in [2.24, 2.45) is 4.14 Å². The maximum atomic E-state index is 9.73. The molecule has 4 nitrogen and oxygen atoms in total. The number of rotatable bonds is 2. The molecule has 0 rings (SSSR count). The van der Waals surface area contributed by atoms with Gasteiger partial charge in [0.25, 0.3) is 0 Å². The van der Waals surface area contributed by atoms with Gasteiger partial charge in [-0.15, -0.1) is 0 Å². The molecule has 0 aliphatic carbocycles. The monoisotopic (exact) mass is 308 g/mol. The van der Waals surface area contributed by atoms with Crippen LogP contribution in [0.1, 0.15) is 0 Å². The first kappa shape index (κ1) is 7.61. The van der Waals surface area contributed by atoms with E-state index in [0.717, 1.165) is 0 Å². The van der Waals surface area contributed by atoms with Gasteiger partial charge >= 0.3 is 51.2 Å². The van der Waals surface area contributed by atoms with Crippen LogP contribution in [0, 0.1) is 0 Å². The minimum absolute atomic E-state index is 0.257. The average molecular weight is 308 g/mol. The van der Waals surface area contributed by atoms with Crippen molar-refractivity contribution < 1.29 is 33.0 Å². The Hall–Kier alpha value is 0.610. The molecule has 0 saturated heterocycles. The molecule has 0 saturated carbocycles. The fourth-order valence-corrected chi connectivity index (χ4v) is 1.56. The van der Waals surface area contributed by atoms with Crippen LogP contribution in [0.5, 0.6) is 0 Å². The molecular weight excluding hydrogens is 303 g/mol.